The number of hydrogen-bond acceptors (Lipinski definition) is 5. The number of unbranched alkanes of at least 4 members (excludes halogenated alkanes) is 1. The minimum Gasteiger partial charge on any atom is -0.479 e. The van der Waals surface area contributed by atoms with Crippen LogP contribution < -0.4 is 5.48 Å². The first-order valence-electron chi connectivity index (χ1n) is 7.70. The Morgan fingerprint density at radius 3 is 2.52 bits per heavy atom. The predicted molar refractivity (Wildman–Crippen MR) is 85.6 cm³/mol. The molecule has 0 aliphatic heterocycles. The standard InChI is InChI=1S/C17H25NO5/c1-6-8-9-12-13(19)11(3)16(4,5)17(14(12)20,15(21)22)18-23-10-7-2/h7,9,11,18H,2,6,8,10H2,1,3-5H3,(H,21,22). The molecule has 1 fully saturated rings. The summed E-state index contributed by atoms with van der Waals surface area (Å²) in [6.07, 6.45) is 4.25. The number of nitrogens with one attached hydrogen (secondary N) is 1. The third-order valence-corrected chi connectivity index (χ3v) is 4.68. The molecular weight excluding hydrogens is 298 g/mol. The van der Waals surface area contributed by atoms with Crippen LogP contribution >= 0.6 is 0 Å². The van der Waals surface area contributed by atoms with E-state index in [0.717, 1.165) is 6.42 Å². The number of rotatable bonds is 7. The fraction of sp³-hybridized carbons (Fsp3) is 0.588. The number of carbonyl (C=O) groups excluding carboxylic acids is 2. The quantitative estimate of drug-likeness (QED) is 0.186. The SMILES string of the molecule is C=CCONC1(C(=O)O)C(=O)C(=CCCC)C(=O)C(C)C1(C)C. The Morgan fingerprint density at radius 1 is 1.43 bits per heavy atom. The summed E-state index contributed by atoms with van der Waals surface area (Å²) in [6.45, 7) is 10.2. The maximum absolute atomic E-state index is 12.9. The topological polar surface area (TPSA) is 92.7 Å². The third-order valence-electron chi connectivity index (χ3n) is 4.68. The van der Waals surface area contributed by atoms with Gasteiger partial charge in [-0.25, -0.2) is 4.79 Å². The van der Waals surface area contributed by atoms with E-state index in [1.54, 1.807) is 20.8 Å². The molecular formula is C17H25NO5. The maximum atomic E-state index is 12.9. The molecule has 0 spiro atoms. The minimum atomic E-state index is -2.02. The molecule has 1 aliphatic carbocycles. The van der Waals surface area contributed by atoms with Crippen molar-refractivity contribution in [3.63, 3.8) is 0 Å². The van der Waals surface area contributed by atoms with Crippen LogP contribution in [0.2, 0.25) is 0 Å². The van der Waals surface area contributed by atoms with Crippen molar-refractivity contribution >= 4 is 17.5 Å². The van der Waals surface area contributed by atoms with Crippen molar-refractivity contribution in [1.82, 2.24) is 5.48 Å². The molecule has 1 saturated carbocycles. The number of hydrogen-bond donors (Lipinski definition) is 2. The number of carboxylic acid groups (broad SMARTS) is 1. The van der Waals surface area contributed by atoms with Crippen LogP contribution in [0.4, 0.5) is 0 Å². The summed E-state index contributed by atoms with van der Waals surface area (Å²) in [7, 11) is 0. The smallest absolute Gasteiger partial charge is 0.334 e. The van der Waals surface area contributed by atoms with Crippen molar-refractivity contribution in [2.75, 3.05) is 6.61 Å². The summed E-state index contributed by atoms with van der Waals surface area (Å²) in [6, 6.07) is 0. The van der Waals surface area contributed by atoms with Gasteiger partial charge in [0.15, 0.2) is 11.6 Å². The van der Waals surface area contributed by atoms with Crippen LogP contribution in [0, 0.1) is 11.3 Å². The second kappa shape index (κ2) is 7.19. The lowest BCUT2D eigenvalue weighted by Crippen LogP contribution is -2.72. The predicted octanol–water partition coefficient (Wildman–Crippen LogP) is 2.06. The summed E-state index contributed by atoms with van der Waals surface area (Å²) in [5, 5.41) is 9.81. The van der Waals surface area contributed by atoms with Gasteiger partial charge in [0.1, 0.15) is 0 Å². The maximum Gasteiger partial charge on any atom is 0.334 e. The van der Waals surface area contributed by atoms with E-state index >= 15 is 0 Å². The van der Waals surface area contributed by atoms with Crippen LogP contribution in [0.1, 0.15) is 40.5 Å². The molecule has 0 aromatic carbocycles. The summed E-state index contributed by atoms with van der Waals surface area (Å²) >= 11 is 0. The summed E-state index contributed by atoms with van der Waals surface area (Å²) in [4.78, 5) is 42.6. The number of Topliss-reactive ketones (excluding diaryl/α,β-unsaturated/α-hetero) is 2. The van der Waals surface area contributed by atoms with Crippen molar-refractivity contribution in [3.05, 3.63) is 24.3 Å². The number of carbonyl (C=O) groups is 3. The largest absolute Gasteiger partial charge is 0.479 e. The number of allylic oxidation sites excluding steroid dienone is 1. The Kier molecular flexibility index (Phi) is 6.02. The summed E-state index contributed by atoms with van der Waals surface area (Å²) in [5.41, 5.74) is -0.834. The van der Waals surface area contributed by atoms with Crippen molar-refractivity contribution in [2.45, 2.75) is 46.1 Å². The number of carboxylic acids is 1. The molecule has 0 heterocycles. The van der Waals surface area contributed by atoms with Crippen LogP contribution in [0.5, 0.6) is 0 Å². The molecule has 23 heavy (non-hydrogen) atoms. The lowest BCUT2D eigenvalue weighted by molar-refractivity contribution is -0.174. The van der Waals surface area contributed by atoms with Crippen LogP contribution in [-0.4, -0.2) is 34.8 Å². The molecule has 2 unspecified atom stereocenters. The molecule has 1 rings (SSSR count). The van der Waals surface area contributed by atoms with E-state index in [4.69, 9.17) is 4.84 Å². The molecule has 128 valence electrons. The first-order valence-corrected chi connectivity index (χ1v) is 7.70. The number of aliphatic carboxylic acids is 1. The Balaban J connectivity index is 3.47. The molecule has 0 amide bonds. The lowest BCUT2D eigenvalue weighted by atomic mass is 9.56. The van der Waals surface area contributed by atoms with E-state index < -0.39 is 28.6 Å². The summed E-state index contributed by atoms with van der Waals surface area (Å²) in [5.74, 6) is -3.09. The van der Waals surface area contributed by atoms with Gasteiger partial charge in [-0.3, -0.25) is 14.4 Å². The van der Waals surface area contributed by atoms with Crippen LogP contribution in [-0.2, 0) is 19.2 Å². The van der Waals surface area contributed by atoms with Crippen LogP contribution in [0.3, 0.4) is 0 Å². The molecule has 0 aromatic rings. The van der Waals surface area contributed by atoms with E-state index in [1.807, 2.05) is 6.92 Å². The Morgan fingerprint density at radius 2 is 2.04 bits per heavy atom. The highest BCUT2D eigenvalue weighted by molar-refractivity contribution is 6.31. The molecule has 0 bridgehead atoms. The third kappa shape index (κ3) is 3.01. The van der Waals surface area contributed by atoms with Crippen molar-refractivity contribution in [1.29, 1.82) is 0 Å². The van der Waals surface area contributed by atoms with E-state index in [1.165, 1.54) is 12.2 Å². The number of ketones is 2. The highest BCUT2D eigenvalue weighted by atomic mass is 16.6. The molecule has 0 aromatic heterocycles. The average Bonchev–Trinajstić information content (AvgIpc) is 2.49. The fourth-order valence-electron chi connectivity index (χ4n) is 2.78. The highest BCUT2D eigenvalue weighted by Gasteiger charge is 2.65. The van der Waals surface area contributed by atoms with Gasteiger partial charge in [0, 0.05) is 11.3 Å². The fourth-order valence-corrected chi connectivity index (χ4v) is 2.78. The Labute approximate surface area is 136 Å². The zero-order chi connectivity index (χ0) is 17.8. The molecule has 0 saturated heterocycles. The van der Waals surface area contributed by atoms with Crippen LogP contribution in [0.15, 0.2) is 24.3 Å². The normalized spacial score (nSPS) is 28.9. The molecule has 0 radical (unpaired) electrons. The van der Waals surface area contributed by atoms with E-state index in [9.17, 15) is 19.5 Å². The minimum absolute atomic E-state index is 0.0364. The average molecular weight is 323 g/mol. The first-order chi connectivity index (χ1) is 10.7. The Bertz CT molecular complexity index is 549. The van der Waals surface area contributed by atoms with E-state index in [2.05, 4.69) is 12.1 Å². The zero-order valence-corrected chi connectivity index (χ0v) is 14.1. The molecule has 2 N–H and O–H groups in total. The zero-order valence-electron chi connectivity index (χ0n) is 14.1. The second-order valence-electron chi connectivity index (χ2n) is 6.30. The highest BCUT2D eigenvalue weighted by Crippen LogP contribution is 2.46. The molecule has 2 atom stereocenters. The second-order valence-corrected chi connectivity index (χ2v) is 6.30. The Hall–Kier alpha value is -1.79. The van der Waals surface area contributed by atoms with Gasteiger partial charge in [-0.05, 0) is 6.42 Å². The summed E-state index contributed by atoms with van der Waals surface area (Å²) < 4.78 is 0. The van der Waals surface area contributed by atoms with Crippen molar-refractivity contribution in [3.8, 4) is 0 Å². The van der Waals surface area contributed by atoms with Gasteiger partial charge in [0.25, 0.3) is 0 Å². The van der Waals surface area contributed by atoms with E-state index in [0.29, 0.717) is 6.42 Å². The van der Waals surface area contributed by atoms with Gasteiger partial charge in [-0.1, -0.05) is 46.3 Å². The molecule has 6 heteroatoms. The van der Waals surface area contributed by atoms with Crippen molar-refractivity contribution in [2.24, 2.45) is 11.3 Å². The van der Waals surface area contributed by atoms with Gasteiger partial charge in [0.05, 0.1) is 12.2 Å². The van der Waals surface area contributed by atoms with Gasteiger partial charge >= 0.3 is 5.97 Å². The monoisotopic (exact) mass is 323 g/mol. The van der Waals surface area contributed by atoms with Crippen molar-refractivity contribution < 1.29 is 24.3 Å². The van der Waals surface area contributed by atoms with E-state index in [-0.39, 0.29) is 18.0 Å². The van der Waals surface area contributed by atoms with Gasteiger partial charge in [-0.15, -0.1) is 6.58 Å². The van der Waals surface area contributed by atoms with Crippen LogP contribution in [0.25, 0.3) is 0 Å². The number of hydroxylamine groups is 1. The molecule has 6 nitrogen and oxygen atoms in total. The van der Waals surface area contributed by atoms with Gasteiger partial charge < -0.3 is 5.11 Å². The van der Waals surface area contributed by atoms with Gasteiger partial charge in [0.2, 0.25) is 5.54 Å². The van der Waals surface area contributed by atoms with Gasteiger partial charge in [-0.2, -0.15) is 5.48 Å². The lowest BCUT2D eigenvalue weighted by Gasteiger charge is -2.48. The first kappa shape index (κ1) is 19.3. The molecule has 1 aliphatic rings.